The van der Waals surface area contributed by atoms with Crippen LogP contribution in [0.3, 0.4) is 0 Å². The van der Waals surface area contributed by atoms with Gasteiger partial charge in [0.05, 0.1) is 0 Å². The first-order chi connectivity index (χ1) is 10.2. The van der Waals surface area contributed by atoms with Gasteiger partial charge in [-0.15, -0.1) is 0 Å². The molecule has 0 atom stereocenters. The lowest BCUT2D eigenvalue weighted by atomic mass is 10.1. The van der Waals surface area contributed by atoms with E-state index in [0.29, 0.717) is 19.8 Å². The van der Waals surface area contributed by atoms with Crippen molar-refractivity contribution < 1.29 is 13.3 Å². The topological polar surface area (TPSA) is 27.7 Å². The van der Waals surface area contributed by atoms with Crippen molar-refractivity contribution in [3.63, 3.8) is 0 Å². The minimum absolute atomic E-state index is 0.632. The van der Waals surface area contributed by atoms with Crippen LogP contribution in [0, 0.1) is 0 Å². The summed E-state index contributed by atoms with van der Waals surface area (Å²) in [5.41, 5.74) is 2.39. The van der Waals surface area contributed by atoms with Crippen LogP contribution in [0.5, 0.6) is 0 Å². The summed E-state index contributed by atoms with van der Waals surface area (Å²) >= 11 is 0. The normalized spacial score (nSPS) is 11.6. The molecule has 0 amide bonds. The van der Waals surface area contributed by atoms with E-state index in [0.717, 1.165) is 24.4 Å². The van der Waals surface area contributed by atoms with Crippen LogP contribution >= 0.6 is 0 Å². The zero-order valence-corrected chi connectivity index (χ0v) is 14.6. The highest BCUT2D eigenvalue weighted by molar-refractivity contribution is 6.60. The van der Waals surface area contributed by atoms with Gasteiger partial charge >= 0.3 is 8.80 Å². The molecular weight excluding hydrogens is 280 g/mol. The minimum Gasteiger partial charge on any atom is -0.374 e. The third-order valence-corrected chi connectivity index (χ3v) is 6.40. The molecule has 0 aromatic heterocycles. The Bertz CT molecular complexity index is 403. The lowest BCUT2D eigenvalue weighted by Crippen LogP contribution is -2.46. The van der Waals surface area contributed by atoms with Gasteiger partial charge in [0.1, 0.15) is 0 Å². The molecule has 0 saturated heterocycles. The van der Waals surface area contributed by atoms with Gasteiger partial charge in [-0.1, -0.05) is 50.3 Å². The summed E-state index contributed by atoms with van der Waals surface area (Å²) in [6, 6.07) is 9.23. The second-order valence-electron chi connectivity index (χ2n) is 4.85. The largest absolute Gasteiger partial charge is 0.500 e. The van der Waals surface area contributed by atoms with Gasteiger partial charge in [-0.2, -0.15) is 0 Å². The molecule has 0 fully saturated rings. The molecule has 0 heterocycles. The van der Waals surface area contributed by atoms with E-state index < -0.39 is 8.80 Å². The van der Waals surface area contributed by atoms with Gasteiger partial charge in [0.15, 0.2) is 0 Å². The highest BCUT2D eigenvalue weighted by atomic mass is 28.4. The van der Waals surface area contributed by atoms with Crippen LogP contribution in [0.25, 0.3) is 6.08 Å². The molecule has 0 N–H and O–H groups in total. The standard InChI is InChI=1S/C17H28O3Si/c1-5-14-21(18-7-3,19-8-4)20-13-12-17-11-9-10-16(6-2)15-17/h6,9-11,15H,2,5,7-8,12-14H2,1,3-4H3. The van der Waals surface area contributed by atoms with Crippen LogP contribution < -0.4 is 0 Å². The smallest absolute Gasteiger partial charge is 0.374 e. The molecule has 0 spiro atoms. The van der Waals surface area contributed by atoms with Crippen molar-refractivity contribution in [2.45, 2.75) is 39.7 Å². The van der Waals surface area contributed by atoms with Crippen LogP contribution in [0.1, 0.15) is 38.3 Å². The predicted octanol–water partition coefficient (Wildman–Crippen LogP) is 4.31. The van der Waals surface area contributed by atoms with E-state index in [4.69, 9.17) is 13.3 Å². The summed E-state index contributed by atoms with van der Waals surface area (Å²) < 4.78 is 17.8. The van der Waals surface area contributed by atoms with Crippen molar-refractivity contribution in [2.24, 2.45) is 0 Å². The van der Waals surface area contributed by atoms with Crippen molar-refractivity contribution in [1.82, 2.24) is 0 Å². The van der Waals surface area contributed by atoms with Crippen LogP contribution in [0.15, 0.2) is 30.8 Å². The molecule has 0 aliphatic carbocycles. The quantitative estimate of drug-likeness (QED) is 0.570. The molecule has 1 aromatic rings. The highest BCUT2D eigenvalue weighted by Gasteiger charge is 2.39. The van der Waals surface area contributed by atoms with Gasteiger partial charge in [-0.25, -0.2) is 0 Å². The average Bonchev–Trinajstić information content (AvgIpc) is 2.48. The van der Waals surface area contributed by atoms with Gasteiger partial charge < -0.3 is 13.3 Å². The molecule has 0 radical (unpaired) electrons. The zero-order valence-electron chi connectivity index (χ0n) is 13.6. The van der Waals surface area contributed by atoms with Crippen LogP contribution in [0.4, 0.5) is 0 Å². The average molecular weight is 308 g/mol. The monoisotopic (exact) mass is 308 g/mol. The minimum atomic E-state index is -2.49. The van der Waals surface area contributed by atoms with Gasteiger partial charge in [-0.3, -0.25) is 0 Å². The number of benzene rings is 1. The van der Waals surface area contributed by atoms with E-state index in [1.54, 1.807) is 0 Å². The Kier molecular flexibility index (Phi) is 8.53. The molecule has 118 valence electrons. The maximum absolute atomic E-state index is 6.10. The summed E-state index contributed by atoms with van der Waals surface area (Å²) in [4.78, 5) is 0. The van der Waals surface area contributed by atoms with Crippen molar-refractivity contribution in [3.8, 4) is 0 Å². The summed E-state index contributed by atoms with van der Waals surface area (Å²) in [5.74, 6) is 0. The Hall–Kier alpha value is -0.943. The van der Waals surface area contributed by atoms with E-state index in [9.17, 15) is 0 Å². The zero-order chi connectivity index (χ0) is 15.6. The number of hydrogen-bond donors (Lipinski definition) is 0. The van der Waals surface area contributed by atoms with Crippen LogP contribution in [-0.2, 0) is 19.7 Å². The molecule has 0 aliphatic heterocycles. The fraction of sp³-hybridized carbons (Fsp3) is 0.529. The lowest BCUT2D eigenvalue weighted by molar-refractivity contribution is 0.0678. The third-order valence-electron chi connectivity index (χ3n) is 3.18. The molecule has 0 unspecified atom stereocenters. The van der Waals surface area contributed by atoms with Gasteiger partial charge in [0.25, 0.3) is 0 Å². The van der Waals surface area contributed by atoms with Crippen molar-refractivity contribution >= 4 is 14.9 Å². The van der Waals surface area contributed by atoms with E-state index in [2.05, 4.69) is 25.6 Å². The Labute approximate surface area is 130 Å². The Morgan fingerprint density at radius 2 is 1.81 bits per heavy atom. The second kappa shape index (κ2) is 9.90. The Morgan fingerprint density at radius 1 is 1.10 bits per heavy atom. The van der Waals surface area contributed by atoms with Crippen LogP contribution in [-0.4, -0.2) is 28.6 Å². The van der Waals surface area contributed by atoms with E-state index >= 15 is 0 Å². The van der Waals surface area contributed by atoms with E-state index in [1.165, 1.54) is 5.56 Å². The molecule has 0 bridgehead atoms. The van der Waals surface area contributed by atoms with Crippen molar-refractivity contribution in [3.05, 3.63) is 42.0 Å². The summed E-state index contributed by atoms with van der Waals surface area (Å²) in [5, 5.41) is 0. The summed E-state index contributed by atoms with van der Waals surface area (Å²) in [7, 11) is -2.49. The van der Waals surface area contributed by atoms with Crippen molar-refractivity contribution in [2.75, 3.05) is 19.8 Å². The summed E-state index contributed by atoms with van der Waals surface area (Å²) in [6.07, 6.45) is 3.74. The van der Waals surface area contributed by atoms with Gasteiger partial charge in [-0.05, 0) is 31.4 Å². The third kappa shape index (κ3) is 6.14. The Balaban J connectivity index is 2.60. The molecule has 1 aromatic carbocycles. The van der Waals surface area contributed by atoms with E-state index in [1.807, 2.05) is 32.1 Å². The predicted molar refractivity (Wildman–Crippen MR) is 90.3 cm³/mol. The van der Waals surface area contributed by atoms with E-state index in [-0.39, 0.29) is 0 Å². The fourth-order valence-corrected chi connectivity index (χ4v) is 4.88. The molecule has 4 heteroatoms. The van der Waals surface area contributed by atoms with Gasteiger partial charge in [0.2, 0.25) is 0 Å². The van der Waals surface area contributed by atoms with Crippen LogP contribution in [0.2, 0.25) is 6.04 Å². The van der Waals surface area contributed by atoms with Crippen molar-refractivity contribution in [1.29, 1.82) is 0 Å². The molecule has 3 nitrogen and oxygen atoms in total. The molecule has 21 heavy (non-hydrogen) atoms. The maximum Gasteiger partial charge on any atom is 0.500 e. The molecule has 1 rings (SSSR count). The Morgan fingerprint density at radius 3 is 2.38 bits per heavy atom. The SMILES string of the molecule is C=Cc1cccc(CCO[Si](CCC)(OCC)OCC)c1. The lowest BCUT2D eigenvalue weighted by Gasteiger charge is -2.28. The first-order valence-electron chi connectivity index (χ1n) is 7.83. The molecular formula is C17H28O3Si. The first-order valence-corrected chi connectivity index (χ1v) is 9.76. The molecule has 0 aliphatic rings. The summed E-state index contributed by atoms with van der Waals surface area (Å²) in [6.45, 7) is 11.8. The fourth-order valence-electron chi connectivity index (χ4n) is 2.29. The maximum atomic E-state index is 6.10. The second-order valence-corrected chi connectivity index (χ2v) is 7.58. The number of hydrogen-bond acceptors (Lipinski definition) is 3. The number of rotatable bonds is 11. The highest BCUT2D eigenvalue weighted by Crippen LogP contribution is 2.18. The van der Waals surface area contributed by atoms with Gasteiger partial charge in [0, 0.05) is 25.9 Å². The molecule has 0 saturated carbocycles. The first kappa shape index (κ1) is 18.1.